The van der Waals surface area contributed by atoms with Gasteiger partial charge in [0, 0.05) is 6.07 Å². The Hall–Kier alpha value is -2.47. The van der Waals surface area contributed by atoms with E-state index < -0.39 is 23.4 Å². The van der Waals surface area contributed by atoms with E-state index in [1.807, 2.05) is 0 Å². The summed E-state index contributed by atoms with van der Waals surface area (Å²) >= 11 is 5.85. The van der Waals surface area contributed by atoms with E-state index in [1.165, 1.54) is 6.07 Å². The van der Waals surface area contributed by atoms with Gasteiger partial charge in [0.1, 0.15) is 11.6 Å². The van der Waals surface area contributed by atoms with Gasteiger partial charge in [-0.3, -0.25) is 9.59 Å². The van der Waals surface area contributed by atoms with E-state index >= 15 is 0 Å². The molecule has 7 heteroatoms. The van der Waals surface area contributed by atoms with Crippen LogP contribution < -0.4 is 10.6 Å². The second kappa shape index (κ2) is 7.00. The smallest absolute Gasteiger partial charge is 0.253 e. The first-order valence-corrected chi connectivity index (χ1v) is 6.63. The van der Waals surface area contributed by atoms with Gasteiger partial charge < -0.3 is 10.6 Å². The predicted octanol–water partition coefficient (Wildman–Crippen LogP) is 2.99. The molecule has 0 saturated heterocycles. The second-order valence-corrected chi connectivity index (χ2v) is 4.74. The molecule has 2 rings (SSSR count). The minimum Gasteiger partial charge on any atom is -0.343 e. The van der Waals surface area contributed by atoms with Crippen LogP contribution in [-0.4, -0.2) is 18.4 Å². The van der Waals surface area contributed by atoms with Crippen LogP contribution in [0.4, 0.5) is 14.5 Å². The number of rotatable bonds is 4. The highest BCUT2D eigenvalue weighted by atomic mass is 35.5. The van der Waals surface area contributed by atoms with Crippen molar-refractivity contribution in [1.29, 1.82) is 0 Å². The summed E-state index contributed by atoms with van der Waals surface area (Å²) in [5.41, 5.74) is 0.0586. The van der Waals surface area contributed by atoms with Gasteiger partial charge in [-0.1, -0.05) is 23.7 Å². The second-order valence-electron chi connectivity index (χ2n) is 4.33. The number of hydrogen-bond donors (Lipinski definition) is 2. The minimum absolute atomic E-state index is 0.168. The lowest BCUT2D eigenvalue weighted by molar-refractivity contribution is -0.115. The van der Waals surface area contributed by atoms with Crippen molar-refractivity contribution >= 4 is 29.1 Å². The topological polar surface area (TPSA) is 58.2 Å². The first-order chi connectivity index (χ1) is 10.5. The largest absolute Gasteiger partial charge is 0.343 e. The lowest BCUT2D eigenvalue weighted by Gasteiger charge is -2.08. The van der Waals surface area contributed by atoms with Gasteiger partial charge in [-0.25, -0.2) is 8.78 Å². The van der Waals surface area contributed by atoms with Crippen LogP contribution in [0.15, 0.2) is 42.5 Å². The van der Waals surface area contributed by atoms with Crippen molar-refractivity contribution in [1.82, 2.24) is 5.32 Å². The molecule has 2 aromatic rings. The Morgan fingerprint density at radius 3 is 2.50 bits per heavy atom. The maximum Gasteiger partial charge on any atom is 0.253 e. The summed E-state index contributed by atoms with van der Waals surface area (Å²) in [7, 11) is 0. The molecule has 4 nitrogen and oxygen atoms in total. The van der Waals surface area contributed by atoms with E-state index in [0.717, 1.165) is 12.1 Å². The minimum atomic E-state index is -0.897. The van der Waals surface area contributed by atoms with Gasteiger partial charge in [0.05, 0.1) is 22.8 Å². The molecule has 2 amide bonds. The average molecular weight is 325 g/mol. The number of hydrogen-bond acceptors (Lipinski definition) is 2. The van der Waals surface area contributed by atoms with Gasteiger partial charge in [0.25, 0.3) is 5.91 Å². The van der Waals surface area contributed by atoms with Gasteiger partial charge in [-0.2, -0.15) is 0 Å². The summed E-state index contributed by atoms with van der Waals surface area (Å²) in [6, 6.07) is 9.12. The van der Waals surface area contributed by atoms with Gasteiger partial charge in [0.2, 0.25) is 5.91 Å². The first-order valence-electron chi connectivity index (χ1n) is 6.25. The van der Waals surface area contributed by atoms with Gasteiger partial charge in [-0.15, -0.1) is 0 Å². The maximum atomic E-state index is 13.4. The zero-order valence-corrected chi connectivity index (χ0v) is 12.0. The monoisotopic (exact) mass is 324 g/mol. The molecular weight excluding hydrogens is 314 g/mol. The molecule has 2 aromatic carbocycles. The molecule has 0 fully saturated rings. The Kier molecular flexibility index (Phi) is 5.06. The number of nitrogens with one attached hydrogen (secondary N) is 2. The molecule has 0 aromatic heterocycles. The number of carbonyl (C=O) groups is 2. The standard InChI is InChI=1S/C15H11ClF2N2O2/c16-11-4-2-1-3-10(11)15(22)19-8-14(21)20-13-6-5-9(17)7-12(13)18/h1-7H,8H2,(H,19,22)(H,20,21). The Bertz CT molecular complexity index is 722. The molecule has 0 saturated carbocycles. The fraction of sp³-hybridized carbons (Fsp3) is 0.0667. The molecule has 22 heavy (non-hydrogen) atoms. The third-order valence-corrected chi connectivity index (χ3v) is 3.06. The van der Waals surface area contributed by atoms with Crippen molar-refractivity contribution < 1.29 is 18.4 Å². The van der Waals surface area contributed by atoms with Crippen molar-refractivity contribution in [3.05, 3.63) is 64.7 Å². The molecule has 0 radical (unpaired) electrons. The molecule has 0 aliphatic rings. The zero-order valence-electron chi connectivity index (χ0n) is 11.2. The SMILES string of the molecule is O=C(CNC(=O)c1ccccc1Cl)Nc1ccc(F)cc1F. The van der Waals surface area contributed by atoms with Crippen LogP contribution in [0.5, 0.6) is 0 Å². The number of benzene rings is 2. The Morgan fingerprint density at radius 2 is 1.82 bits per heavy atom. The van der Waals surface area contributed by atoms with E-state index in [0.29, 0.717) is 6.07 Å². The van der Waals surface area contributed by atoms with Gasteiger partial charge in [-0.05, 0) is 24.3 Å². The van der Waals surface area contributed by atoms with Crippen molar-refractivity contribution in [3.63, 3.8) is 0 Å². The highest BCUT2D eigenvalue weighted by Crippen LogP contribution is 2.15. The van der Waals surface area contributed by atoms with Crippen molar-refractivity contribution in [2.24, 2.45) is 0 Å². The number of carbonyl (C=O) groups excluding carboxylic acids is 2. The van der Waals surface area contributed by atoms with Crippen LogP contribution in [0.3, 0.4) is 0 Å². The Morgan fingerprint density at radius 1 is 1.09 bits per heavy atom. The van der Waals surface area contributed by atoms with Crippen LogP contribution in [0.2, 0.25) is 5.02 Å². The van der Waals surface area contributed by atoms with Crippen molar-refractivity contribution in [2.75, 3.05) is 11.9 Å². The van der Waals surface area contributed by atoms with Crippen molar-refractivity contribution in [3.8, 4) is 0 Å². The number of anilines is 1. The average Bonchev–Trinajstić information content (AvgIpc) is 2.48. The quantitative estimate of drug-likeness (QED) is 0.908. The molecule has 0 bridgehead atoms. The molecule has 2 N–H and O–H groups in total. The molecule has 0 unspecified atom stereocenters. The zero-order chi connectivity index (χ0) is 16.1. The van der Waals surface area contributed by atoms with Gasteiger partial charge in [0.15, 0.2) is 0 Å². The summed E-state index contributed by atoms with van der Waals surface area (Å²) < 4.78 is 26.1. The summed E-state index contributed by atoms with van der Waals surface area (Å²) in [4.78, 5) is 23.5. The maximum absolute atomic E-state index is 13.4. The molecule has 0 heterocycles. The third kappa shape index (κ3) is 4.02. The van der Waals surface area contributed by atoms with E-state index in [2.05, 4.69) is 10.6 Å². The van der Waals surface area contributed by atoms with Crippen LogP contribution in [0, 0.1) is 11.6 Å². The van der Waals surface area contributed by atoms with Gasteiger partial charge >= 0.3 is 0 Å². The summed E-state index contributed by atoms with van der Waals surface area (Å²) in [6.07, 6.45) is 0. The molecular formula is C15H11ClF2N2O2. The fourth-order valence-corrected chi connectivity index (χ4v) is 1.91. The predicted molar refractivity (Wildman–Crippen MR) is 78.8 cm³/mol. The van der Waals surface area contributed by atoms with Crippen molar-refractivity contribution in [2.45, 2.75) is 0 Å². The lowest BCUT2D eigenvalue weighted by Crippen LogP contribution is -2.33. The molecule has 0 aliphatic heterocycles. The number of amides is 2. The Labute approximate surface area is 130 Å². The highest BCUT2D eigenvalue weighted by molar-refractivity contribution is 6.33. The van der Waals surface area contributed by atoms with E-state index in [4.69, 9.17) is 11.6 Å². The summed E-state index contributed by atoms with van der Waals surface area (Å²) in [6.45, 7) is -0.374. The third-order valence-electron chi connectivity index (χ3n) is 2.73. The van der Waals surface area contributed by atoms with Crippen LogP contribution >= 0.6 is 11.6 Å². The molecule has 0 aliphatic carbocycles. The fourth-order valence-electron chi connectivity index (χ4n) is 1.69. The summed E-state index contributed by atoms with van der Waals surface area (Å²) in [5, 5.41) is 4.84. The molecule has 0 atom stereocenters. The Balaban J connectivity index is 1.93. The molecule has 0 spiro atoms. The first kappa shape index (κ1) is 15.9. The van der Waals surface area contributed by atoms with E-state index in [-0.39, 0.29) is 22.8 Å². The normalized spacial score (nSPS) is 10.1. The summed E-state index contributed by atoms with van der Waals surface area (Å²) in [5.74, 6) is -2.82. The van der Waals surface area contributed by atoms with Crippen LogP contribution in [-0.2, 0) is 4.79 Å². The van der Waals surface area contributed by atoms with E-state index in [9.17, 15) is 18.4 Å². The number of halogens is 3. The highest BCUT2D eigenvalue weighted by Gasteiger charge is 2.12. The lowest BCUT2D eigenvalue weighted by atomic mass is 10.2. The van der Waals surface area contributed by atoms with Crippen LogP contribution in [0.1, 0.15) is 10.4 Å². The van der Waals surface area contributed by atoms with Crippen LogP contribution in [0.25, 0.3) is 0 Å². The van der Waals surface area contributed by atoms with E-state index in [1.54, 1.807) is 18.2 Å². The molecule has 114 valence electrons.